The van der Waals surface area contributed by atoms with Crippen LogP contribution in [0.5, 0.6) is 0 Å². The molecular formula is C11H15ClN4O3. The summed E-state index contributed by atoms with van der Waals surface area (Å²) >= 11 is 5.98. The summed E-state index contributed by atoms with van der Waals surface area (Å²) in [5.41, 5.74) is 0.00238. The Kier molecular flexibility index (Phi) is 4.39. The Morgan fingerprint density at radius 2 is 2.37 bits per heavy atom. The third-order valence-corrected chi connectivity index (χ3v) is 3.29. The number of nitrogens with one attached hydrogen (secondary N) is 2. The molecule has 2 rings (SSSR count). The van der Waals surface area contributed by atoms with E-state index in [1.54, 1.807) is 0 Å². The fourth-order valence-electron chi connectivity index (χ4n) is 1.90. The standard InChI is InChI=1S/C11H15ClN4O3/c12-10-8(6-14-16(3-4-17)11(10)19)15-7-1-2-9(18)13-5-7/h6-7,15,17H,1-5H2,(H,13,18). The van der Waals surface area contributed by atoms with Crippen LogP contribution in [0.4, 0.5) is 5.69 Å². The predicted octanol–water partition coefficient (Wildman–Crippen LogP) is -0.421. The van der Waals surface area contributed by atoms with Gasteiger partial charge in [-0.2, -0.15) is 5.10 Å². The van der Waals surface area contributed by atoms with Crippen molar-refractivity contribution in [2.24, 2.45) is 0 Å². The maximum atomic E-state index is 11.8. The van der Waals surface area contributed by atoms with Crippen molar-refractivity contribution >= 4 is 23.2 Å². The molecule has 1 atom stereocenters. The molecule has 1 unspecified atom stereocenters. The first-order valence-electron chi connectivity index (χ1n) is 6.01. The molecule has 1 saturated heterocycles. The van der Waals surface area contributed by atoms with Crippen molar-refractivity contribution in [3.8, 4) is 0 Å². The Morgan fingerprint density at radius 1 is 1.58 bits per heavy atom. The van der Waals surface area contributed by atoms with Crippen LogP contribution >= 0.6 is 11.6 Å². The van der Waals surface area contributed by atoms with Crippen molar-refractivity contribution < 1.29 is 9.90 Å². The first-order chi connectivity index (χ1) is 9.11. The average Bonchev–Trinajstić information content (AvgIpc) is 2.41. The van der Waals surface area contributed by atoms with Crippen LogP contribution in [-0.4, -0.2) is 40.0 Å². The van der Waals surface area contributed by atoms with Crippen molar-refractivity contribution in [1.82, 2.24) is 15.1 Å². The van der Waals surface area contributed by atoms with E-state index in [0.29, 0.717) is 25.1 Å². The lowest BCUT2D eigenvalue weighted by Gasteiger charge is -2.24. The molecule has 1 aromatic rings. The minimum absolute atomic E-state index is 0.0284. The van der Waals surface area contributed by atoms with E-state index in [9.17, 15) is 9.59 Å². The Labute approximate surface area is 114 Å². The average molecular weight is 287 g/mol. The molecular weight excluding hydrogens is 272 g/mol. The zero-order valence-electron chi connectivity index (χ0n) is 10.2. The van der Waals surface area contributed by atoms with Crippen LogP contribution < -0.4 is 16.2 Å². The van der Waals surface area contributed by atoms with E-state index in [-0.39, 0.29) is 30.1 Å². The van der Waals surface area contributed by atoms with Gasteiger partial charge >= 0.3 is 0 Å². The molecule has 0 aliphatic carbocycles. The number of aliphatic hydroxyl groups excluding tert-OH is 1. The lowest BCUT2D eigenvalue weighted by Crippen LogP contribution is -2.42. The normalized spacial score (nSPS) is 19.1. The fraction of sp³-hybridized carbons (Fsp3) is 0.545. The van der Waals surface area contributed by atoms with E-state index in [0.717, 1.165) is 4.68 Å². The van der Waals surface area contributed by atoms with Gasteiger partial charge in [-0.1, -0.05) is 11.6 Å². The van der Waals surface area contributed by atoms with Crippen molar-refractivity contribution in [3.05, 3.63) is 21.6 Å². The largest absolute Gasteiger partial charge is 0.394 e. The van der Waals surface area contributed by atoms with Crippen molar-refractivity contribution in [2.45, 2.75) is 25.4 Å². The third-order valence-electron chi connectivity index (χ3n) is 2.92. The molecule has 19 heavy (non-hydrogen) atoms. The molecule has 8 heteroatoms. The Balaban J connectivity index is 2.11. The van der Waals surface area contributed by atoms with E-state index in [4.69, 9.17) is 16.7 Å². The molecule has 1 fully saturated rings. The van der Waals surface area contributed by atoms with Gasteiger partial charge in [0.1, 0.15) is 5.02 Å². The van der Waals surface area contributed by atoms with E-state index in [2.05, 4.69) is 15.7 Å². The van der Waals surface area contributed by atoms with Crippen LogP contribution in [0, 0.1) is 0 Å². The van der Waals surface area contributed by atoms with Gasteiger partial charge < -0.3 is 15.7 Å². The number of piperidine rings is 1. The van der Waals surface area contributed by atoms with E-state index in [1.165, 1.54) is 6.20 Å². The van der Waals surface area contributed by atoms with Gasteiger partial charge in [-0.3, -0.25) is 9.59 Å². The summed E-state index contributed by atoms with van der Waals surface area (Å²) in [6.07, 6.45) is 2.59. The molecule has 7 nitrogen and oxygen atoms in total. The van der Waals surface area contributed by atoms with Crippen LogP contribution in [0.2, 0.25) is 5.02 Å². The van der Waals surface area contributed by atoms with Crippen LogP contribution in [0.15, 0.2) is 11.0 Å². The number of amides is 1. The number of carbonyl (C=O) groups is 1. The molecule has 104 valence electrons. The Bertz CT molecular complexity index is 521. The minimum atomic E-state index is -0.444. The van der Waals surface area contributed by atoms with Gasteiger partial charge in [-0.05, 0) is 6.42 Å². The summed E-state index contributed by atoms with van der Waals surface area (Å²) in [4.78, 5) is 22.9. The summed E-state index contributed by atoms with van der Waals surface area (Å²) in [6.45, 7) is 0.428. The highest BCUT2D eigenvalue weighted by atomic mass is 35.5. The SMILES string of the molecule is O=C1CCC(Nc2cnn(CCO)c(=O)c2Cl)CN1. The van der Waals surface area contributed by atoms with Gasteiger partial charge in [0, 0.05) is 19.0 Å². The molecule has 3 N–H and O–H groups in total. The van der Waals surface area contributed by atoms with Crippen LogP contribution in [0.25, 0.3) is 0 Å². The molecule has 1 aliphatic heterocycles. The van der Waals surface area contributed by atoms with Gasteiger partial charge in [-0.25, -0.2) is 4.68 Å². The number of carbonyl (C=O) groups excluding carboxylic acids is 1. The minimum Gasteiger partial charge on any atom is -0.394 e. The van der Waals surface area contributed by atoms with Gasteiger partial charge in [0.15, 0.2) is 0 Å². The second kappa shape index (κ2) is 6.03. The number of nitrogens with zero attached hydrogens (tertiary/aromatic N) is 2. The lowest BCUT2D eigenvalue weighted by atomic mass is 10.1. The molecule has 1 amide bonds. The maximum Gasteiger partial charge on any atom is 0.287 e. The number of anilines is 1. The topological polar surface area (TPSA) is 96.2 Å². The predicted molar refractivity (Wildman–Crippen MR) is 70.2 cm³/mol. The second-order valence-corrected chi connectivity index (χ2v) is 4.69. The highest BCUT2D eigenvalue weighted by Gasteiger charge is 2.19. The van der Waals surface area contributed by atoms with Crippen LogP contribution in [0.1, 0.15) is 12.8 Å². The zero-order chi connectivity index (χ0) is 13.8. The smallest absolute Gasteiger partial charge is 0.287 e. The summed E-state index contributed by atoms with van der Waals surface area (Å²) in [5, 5.41) is 18.6. The number of halogens is 1. The molecule has 0 radical (unpaired) electrons. The number of hydrogen-bond donors (Lipinski definition) is 3. The highest BCUT2D eigenvalue weighted by Crippen LogP contribution is 2.18. The zero-order valence-corrected chi connectivity index (χ0v) is 11.0. The summed E-state index contributed by atoms with van der Waals surface area (Å²) in [5.74, 6) is 0.0284. The fourth-order valence-corrected chi connectivity index (χ4v) is 2.10. The molecule has 0 bridgehead atoms. The molecule has 0 saturated carbocycles. The van der Waals surface area contributed by atoms with E-state index in [1.807, 2.05) is 0 Å². The molecule has 0 aromatic carbocycles. The summed E-state index contributed by atoms with van der Waals surface area (Å²) in [7, 11) is 0. The molecule has 0 spiro atoms. The second-order valence-electron chi connectivity index (χ2n) is 4.31. The number of aromatic nitrogens is 2. The van der Waals surface area contributed by atoms with Gasteiger partial charge in [-0.15, -0.1) is 0 Å². The van der Waals surface area contributed by atoms with Crippen molar-refractivity contribution in [1.29, 1.82) is 0 Å². The summed E-state index contributed by atoms with van der Waals surface area (Å²) < 4.78 is 1.11. The van der Waals surface area contributed by atoms with Gasteiger partial charge in [0.05, 0.1) is 25.0 Å². The van der Waals surface area contributed by atoms with Crippen molar-refractivity contribution in [3.63, 3.8) is 0 Å². The first-order valence-corrected chi connectivity index (χ1v) is 6.39. The number of rotatable bonds is 4. The van der Waals surface area contributed by atoms with Crippen LogP contribution in [-0.2, 0) is 11.3 Å². The number of aliphatic hydroxyl groups is 1. The maximum absolute atomic E-state index is 11.8. The molecule has 1 aliphatic rings. The van der Waals surface area contributed by atoms with Gasteiger partial charge in [0.2, 0.25) is 5.91 Å². The van der Waals surface area contributed by atoms with Crippen LogP contribution in [0.3, 0.4) is 0 Å². The lowest BCUT2D eigenvalue weighted by molar-refractivity contribution is -0.122. The van der Waals surface area contributed by atoms with Crippen molar-refractivity contribution in [2.75, 3.05) is 18.5 Å². The Morgan fingerprint density at radius 3 is 3.00 bits per heavy atom. The third kappa shape index (κ3) is 3.24. The first kappa shape index (κ1) is 13.8. The highest BCUT2D eigenvalue weighted by molar-refractivity contribution is 6.32. The van der Waals surface area contributed by atoms with E-state index < -0.39 is 5.56 Å². The monoisotopic (exact) mass is 286 g/mol. The quantitative estimate of drug-likeness (QED) is 0.699. The van der Waals surface area contributed by atoms with Gasteiger partial charge in [0.25, 0.3) is 5.56 Å². The summed E-state index contributed by atoms with van der Waals surface area (Å²) in [6, 6.07) is 0.0325. The van der Waals surface area contributed by atoms with E-state index >= 15 is 0 Å². The molecule has 1 aromatic heterocycles. The molecule has 2 heterocycles. The number of hydrogen-bond acceptors (Lipinski definition) is 5. The Hall–Kier alpha value is -1.60.